The number of carbonyl (C=O) groups is 1. The Morgan fingerprint density at radius 1 is 1.24 bits per heavy atom. The standard InChI is InChI=1S/C14H12N4O2S/c1-18-14(21-8-12(19)20)16-13(17-18)11-7-6-9-4-2-3-5-10(9)15-11/h2-7H,8H2,1H3,(H,19,20). The Morgan fingerprint density at radius 3 is 2.86 bits per heavy atom. The lowest BCUT2D eigenvalue weighted by Gasteiger charge is -1.98. The molecule has 0 saturated carbocycles. The largest absolute Gasteiger partial charge is 0.481 e. The molecule has 0 radical (unpaired) electrons. The van der Waals surface area contributed by atoms with Crippen LogP contribution < -0.4 is 0 Å². The molecule has 0 saturated heterocycles. The zero-order valence-electron chi connectivity index (χ0n) is 11.2. The van der Waals surface area contributed by atoms with Gasteiger partial charge in [0.05, 0.1) is 11.3 Å². The Kier molecular flexibility index (Phi) is 3.57. The van der Waals surface area contributed by atoms with Crippen LogP contribution in [0.1, 0.15) is 0 Å². The number of carboxylic acid groups (broad SMARTS) is 1. The smallest absolute Gasteiger partial charge is 0.313 e. The first-order valence-electron chi connectivity index (χ1n) is 6.25. The summed E-state index contributed by atoms with van der Waals surface area (Å²) in [4.78, 5) is 19.5. The summed E-state index contributed by atoms with van der Waals surface area (Å²) in [6, 6.07) is 11.7. The molecule has 0 aliphatic heterocycles. The number of benzene rings is 1. The minimum atomic E-state index is -0.881. The number of pyridine rings is 1. The Hall–Kier alpha value is -2.41. The number of rotatable bonds is 4. The van der Waals surface area contributed by atoms with Crippen molar-refractivity contribution in [3.05, 3.63) is 36.4 Å². The molecule has 7 heteroatoms. The zero-order chi connectivity index (χ0) is 14.8. The first-order valence-corrected chi connectivity index (χ1v) is 7.24. The lowest BCUT2D eigenvalue weighted by atomic mass is 10.2. The van der Waals surface area contributed by atoms with Crippen molar-refractivity contribution in [2.24, 2.45) is 7.05 Å². The third kappa shape index (κ3) is 2.87. The first kappa shape index (κ1) is 13.6. The molecule has 1 aromatic carbocycles. The highest BCUT2D eigenvalue weighted by Crippen LogP contribution is 2.21. The lowest BCUT2D eigenvalue weighted by molar-refractivity contribution is -0.133. The highest BCUT2D eigenvalue weighted by Gasteiger charge is 2.12. The second kappa shape index (κ2) is 5.53. The van der Waals surface area contributed by atoms with E-state index >= 15 is 0 Å². The number of para-hydroxylation sites is 1. The summed E-state index contributed by atoms with van der Waals surface area (Å²) in [6.45, 7) is 0. The number of fused-ring (bicyclic) bond motifs is 1. The van der Waals surface area contributed by atoms with E-state index in [1.54, 1.807) is 11.7 Å². The maximum absolute atomic E-state index is 10.6. The monoisotopic (exact) mass is 300 g/mol. The van der Waals surface area contributed by atoms with E-state index in [-0.39, 0.29) is 5.75 Å². The highest BCUT2D eigenvalue weighted by molar-refractivity contribution is 7.99. The molecule has 0 unspecified atom stereocenters. The van der Waals surface area contributed by atoms with E-state index in [4.69, 9.17) is 5.11 Å². The maximum atomic E-state index is 10.6. The van der Waals surface area contributed by atoms with E-state index in [1.165, 1.54) is 0 Å². The van der Waals surface area contributed by atoms with Gasteiger partial charge in [0.15, 0.2) is 5.16 Å². The molecule has 0 aliphatic rings. The Balaban J connectivity index is 1.95. The molecule has 3 rings (SSSR count). The van der Waals surface area contributed by atoms with Crippen LogP contribution in [0, 0.1) is 0 Å². The molecule has 3 aromatic rings. The number of aryl methyl sites for hydroxylation is 1. The number of carboxylic acids is 1. The molecular formula is C14H12N4O2S. The van der Waals surface area contributed by atoms with E-state index in [1.807, 2.05) is 36.4 Å². The lowest BCUT2D eigenvalue weighted by Crippen LogP contribution is -2.00. The molecule has 0 bridgehead atoms. The number of aromatic nitrogens is 4. The van der Waals surface area contributed by atoms with Gasteiger partial charge in [-0.25, -0.2) is 9.67 Å². The van der Waals surface area contributed by atoms with Gasteiger partial charge in [-0.05, 0) is 12.1 Å². The molecule has 106 valence electrons. The van der Waals surface area contributed by atoms with Crippen molar-refractivity contribution in [2.75, 3.05) is 5.75 Å². The average Bonchev–Trinajstić information content (AvgIpc) is 2.86. The molecule has 2 heterocycles. The molecular weight excluding hydrogens is 288 g/mol. The molecule has 0 spiro atoms. The SMILES string of the molecule is Cn1nc(-c2ccc3ccccc3n2)nc1SCC(=O)O. The topological polar surface area (TPSA) is 80.9 Å². The minimum absolute atomic E-state index is 0.0445. The Morgan fingerprint density at radius 2 is 2.05 bits per heavy atom. The van der Waals surface area contributed by atoms with Gasteiger partial charge in [-0.2, -0.15) is 4.98 Å². The summed E-state index contributed by atoms with van der Waals surface area (Å²) >= 11 is 1.14. The van der Waals surface area contributed by atoms with Gasteiger partial charge in [-0.3, -0.25) is 4.79 Å². The van der Waals surface area contributed by atoms with Gasteiger partial charge in [-0.15, -0.1) is 5.10 Å². The minimum Gasteiger partial charge on any atom is -0.481 e. The van der Waals surface area contributed by atoms with Crippen molar-refractivity contribution < 1.29 is 9.90 Å². The summed E-state index contributed by atoms with van der Waals surface area (Å²) in [7, 11) is 1.74. The normalized spacial score (nSPS) is 10.9. The third-order valence-electron chi connectivity index (χ3n) is 2.88. The van der Waals surface area contributed by atoms with Crippen molar-refractivity contribution in [1.82, 2.24) is 19.7 Å². The van der Waals surface area contributed by atoms with Gasteiger partial charge in [0.2, 0.25) is 5.82 Å². The molecule has 0 atom stereocenters. The summed E-state index contributed by atoms with van der Waals surface area (Å²) in [6.07, 6.45) is 0. The molecule has 0 aliphatic carbocycles. The van der Waals surface area contributed by atoms with Crippen LogP contribution in [0.25, 0.3) is 22.4 Å². The van der Waals surface area contributed by atoms with E-state index in [0.717, 1.165) is 22.7 Å². The quantitative estimate of drug-likeness (QED) is 0.744. The van der Waals surface area contributed by atoms with Gasteiger partial charge in [-0.1, -0.05) is 36.0 Å². The Labute approximate surface area is 124 Å². The average molecular weight is 300 g/mol. The van der Waals surface area contributed by atoms with Crippen LogP contribution in [0.3, 0.4) is 0 Å². The van der Waals surface area contributed by atoms with Crippen molar-refractivity contribution in [2.45, 2.75) is 5.16 Å². The fourth-order valence-corrected chi connectivity index (χ4v) is 2.55. The van der Waals surface area contributed by atoms with E-state index in [9.17, 15) is 4.79 Å². The predicted molar refractivity (Wildman–Crippen MR) is 80.1 cm³/mol. The van der Waals surface area contributed by atoms with Crippen LogP contribution in [-0.4, -0.2) is 36.6 Å². The van der Waals surface area contributed by atoms with Crippen LogP contribution >= 0.6 is 11.8 Å². The fourth-order valence-electron chi connectivity index (χ4n) is 1.92. The molecule has 21 heavy (non-hydrogen) atoms. The van der Waals surface area contributed by atoms with Gasteiger partial charge in [0.25, 0.3) is 0 Å². The van der Waals surface area contributed by atoms with Crippen LogP contribution in [0.5, 0.6) is 0 Å². The Bertz CT molecular complexity index is 816. The molecule has 0 fully saturated rings. The summed E-state index contributed by atoms with van der Waals surface area (Å²) < 4.78 is 1.57. The maximum Gasteiger partial charge on any atom is 0.313 e. The van der Waals surface area contributed by atoms with Gasteiger partial charge in [0, 0.05) is 12.4 Å². The van der Waals surface area contributed by atoms with E-state index in [2.05, 4.69) is 15.1 Å². The van der Waals surface area contributed by atoms with Crippen molar-refractivity contribution >= 4 is 28.6 Å². The number of hydrogen-bond donors (Lipinski definition) is 1. The third-order valence-corrected chi connectivity index (χ3v) is 3.88. The van der Waals surface area contributed by atoms with Crippen LogP contribution in [0.4, 0.5) is 0 Å². The first-order chi connectivity index (χ1) is 10.1. The van der Waals surface area contributed by atoms with Gasteiger partial charge >= 0.3 is 5.97 Å². The summed E-state index contributed by atoms with van der Waals surface area (Å²) in [5, 5.41) is 14.6. The summed E-state index contributed by atoms with van der Waals surface area (Å²) in [5.41, 5.74) is 1.55. The second-order valence-corrected chi connectivity index (χ2v) is 5.36. The molecule has 6 nitrogen and oxygen atoms in total. The van der Waals surface area contributed by atoms with Gasteiger partial charge in [0.1, 0.15) is 5.69 Å². The van der Waals surface area contributed by atoms with Crippen molar-refractivity contribution in [1.29, 1.82) is 0 Å². The molecule has 0 amide bonds. The van der Waals surface area contributed by atoms with Gasteiger partial charge < -0.3 is 5.11 Å². The van der Waals surface area contributed by atoms with E-state index in [0.29, 0.717) is 16.7 Å². The van der Waals surface area contributed by atoms with E-state index < -0.39 is 5.97 Å². The zero-order valence-corrected chi connectivity index (χ0v) is 12.0. The number of aliphatic carboxylic acids is 1. The van der Waals surface area contributed by atoms with Crippen LogP contribution in [-0.2, 0) is 11.8 Å². The van der Waals surface area contributed by atoms with Crippen molar-refractivity contribution in [3.8, 4) is 11.5 Å². The second-order valence-electron chi connectivity index (χ2n) is 4.41. The van der Waals surface area contributed by atoms with Crippen LogP contribution in [0.2, 0.25) is 0 Å². The predicted octanol–water partition coefficient (Wildman–Crippen LogP) is 2.21. The summed E-state index contributed by atoms with van der Waals surface area (Å²) in [5.74, 6) is -0.429. The highest BCUT2D eigenvalue weighted by atomic mass is 32.2. The van der Waals surface area contributed by atoms with Crippen molar-refractivity contribution in [3.63, 3.8) is 0 Å². The number of hydrogen-bond acceptors (Lipinski definition) is 5. The number of nitrogens with zero attached hydrogens (tertiary/aromatic N) is 4. The number of thioether (sulfide) groups is 1. The fraction of sp³-hybridized carbons (Fsp3) is 0.143. The molecule has 1 N–H and O–H groups in total. The molecule has 2 aromatic heterocycles. The van der Waals surface area contributed by atoms with Crippen LogP contribution in [0.15, 0.2) is 41.6 Å².